The molecule has 1 aromatic rings. The Hall–Kier alpha value is -0.530. The van der Waals surface area contributed by atoms with Gasteiger partial charge < -0.3 is 5.32 Å². The highest BCUT2D eigenvalue weighted by Crippen LogP contribution is 2.28. The van der Waals surface area contributed by atoms with Crippen molar-refractivity contribution in [3.8, 4) is 0 Å². The largest absolute Gasteiger partial charge is 0.310 e. The zero-order valence-electron chi connectivity index (χ0n) is 9.88. The highest BCUT2D eigenvalue weighted by molar-refractivity contribution is 6.30. The Morgan fingerprint density at radius 3 is 2.69 bits per heavy atom. The highest BCUT2D eigenvalue weighted by atomic mass is 35.5. The fourth-order valence-corrected chi connectivity index (χ4v) is 2.77. The third kappa shape index (κ3) is 2.99. The first-order chi connectivity index (χ1) is 7.79. The summed E-state index contributed by atoms with van der Waals surface area (Å²) in [5, 5.41) is 4.49. The summed E-state index contributed by atoms with van der Waals surface area (Å²) in [4.78, 5) is 0. The van der Waals surface area contributed by atoms with Crippen LogP contribution >= 0.6 is 11.6 Å². The maximum Gasteiger partial charge on any atom is 0.0406 e. The summed E-state index contributed by atoms with van der Waals surface area (Å²) >= 11 is 5.86. The fourth-order valence-electron chi connectivity index (χ4n) is 2.65. The molecule has 0 amide bonds. The second-order valence-electron chi connectivity index (χ2n) is 4.71. The summed E-state index contributed by atoms with van der Waals surface area (Å²) < 4.78 is 0. The summed E-state index contributed by atoms with van der Waals surface area (Å²) in [5.41, 5.74) is 1.33. The fraction of sp³-hybridized carbons (Fsp3) is 0.571. The summed E-state index contributed by atoms with van der Waals surface area (Å²) in [6.07, 6.45) is 5.43. The van der Waals surface area contributed by atoms with Gasteiger partial charge >= 0.3 is 0 Å². The van der Waals surface area contributed by atoms with Crippen molar-refractivity contribution in [2.75, 3.05) is 0 Å². The van der Waals surface area contributed by atoms with E-state index in [2.05, 4.69) is 24.4 Å². The Morgan fingerprint density at radius 2 is 2.00 bits per heavy atom. The lowest BCUT2D eigenvalue weighted by molar-refractivity contribution is 0.389. The first-order valence-electron chi connectivity index (χ1n) is 6.27. The molecule has 0 saturated heterocycles. The van der Waals surface area contributed by atoms with Gasteiger partial charge in [0.2, 0.25) is 0 Å². The van der Waals surface area contributed by atoms with E-state index in [9.17, 15) is 0 Å². The van der Waals surface area contributed by atoms with Crippen LogP contribution in [0.15, 0.2) is 24.3 Å². The second-order valence-corrected chi connectivity index (χ2v) is 5.15. The van der Waals surface area contributed by atoms with Gasteiger partial charge in [-0.2, -0.15) is 0 Å². The molecule has 0 bridgehead atoms. The average molecular weight is 238 g/mol. The normalized spacial score (nSPS) is 24.9. The van der Waals surface area contributed by atoms with Gasteiger partial charge in [0, 0.05) is 17.6 Å². The van der Waals surface area contributed by atoms with Crippen molar-refractivity contribution < 1.29 is 0 Å². The van der Waals surface area contributed by atoms with Crippen LogP contribution in [0, 0.1) is 5.92 Å². The van der Waals surface area contributed by atoms with Crippen LogP contribution in [0.25, 0.3) is 0 Å². The molecule has 1 aromatic carbocycles. The molecule has 0 aromatic heterocycles. The summed E-state index contributed by atoms with van der Waals surface area (Å²) in [7, 11) is 0. The van der Waals surface area contributed by atoms with Gasteiger partial charge in [-0.1, -0.05) is 43.5 Å². The molecule has 1 saturated carbocycles. The highest BCUT2D eigenvalue weighted by Gasteiger charge is 2.24. The van der Waals surface area contributed by atoms with Crippen LogP contribution in [-0.2, 0) is 6.54 Å². The van der Waals surface area contributed by atoms with Crippen LogP contribution in [0.4, 0.5) is 0 Å². The predicted octanol–water partition coefficient (Wildman–Crippen LogP) is 4.01. The molecule has 88 valence electrons. The van der Waals surface area contributed by atoms with E-state index in [1.54, 1.807) is 0 Å². The number of benzene rings is 1. The quantitative estimate of drug-likeness (QED) is 0.835. The van der Waals surface area contributed by atoms with Gasteiger partial charge in [-0.05, 0) is 36.5 Å². The van der Waals surface area contributed by atoms with E-state index >= 15 is 0 Å². The first kappa shape index (κ1) is 11.9. The topological polar surface area (TPSA) is 12.0 Å². The van der Waals surface area contributed by atoms with E-state index < -0.39 is 0 Å². The third-order valence-electron chi connectivity index (χ3n) is 3.67. The molecule has 1 nitrogen and oxygen atoms in total. The minimum atomic E-state index is 0.723. The van der Waals surface area contributed by atoms with Gasteiger partial charge in [0.15, 0.2) is 0 Å². The average Bonchev–Trinajstić information content (AvgIpc) is 2.76. The SMILES string of the molecule is CCC1CCCC1NCc1ccc(Cl)cc1. The van der Waals surface area contributed by atoms with Gasteiger partial charge in [0.1, 0.15) is 0 Å². The summed E-state index contributed by atoms with van der Waals surface area (Å²) in [6, 6.07) is 8.85. The first-order valence-corrected chi connectivity index (χ1v) is 6.65. The van der Waals surface area contributed by atoms with Crippen molar-refractivity contribution in [2.24, 2.45) is 5.92 Å². The van der Waals surface area contributed by atoms with Crippen molar-refractivity contribution in [1.82, 2.24) is 5.32 Å². The van der Waals surface area contributed by atoms with Crippen molar-refractivity contribution in [3.63, 3.8) is 0 Å². The monoisotopic (exact) mass is 237 g/mol. The minimum absolute atomic E-state index is 0.723. The molecule has 0 spiro atoms. The molecule has 1 N–H and O–H groups in total. The zero-order valence-corrected chi connectivity index (χ0v) is 10.6. The van der Waals surface area contributed by atoms with Gasteiger partial charge in [-0.3, -0.25) is 0 Å². The van der Waals surface area contributed by atoms with Gasteiger partial charge in [-0.15, -0.1) is 0 Å². The molecule has 1 aliphatic rings. The molecular formula is C14H20ClN. The maximum atomic E-state index is 5.86. The van der Waals surface area contributed by atoms with E-state index in [-0.39, 0.29) is 0 Å². The number of nitrogens with one attached hydrogen (secondary N) is 1. The molecule has 0 radical (unpaired) electrons. The lowest BCUT2D eigenvalue weighted by atomic mass is 10.0. The van der Waals surface area contributed by atoms with Crippen LogP contribution < -0.4 is 5.32 Å². The Morgan fingerprint density at radius 1 is 1.25 bits per heavy atom. The van der Waals surface area contributed by atoms with Gasteiger partial charge in [0.25, 0.3) is 0 Å². The Bertz CT molecular complexity index is 320. The van der Waals surface area contributed by atoms with Gasteiger partial charge in [-0.25, -0.2) is 0 Å². The molecule has 2 atom stereocenters. The smallest absolute Gasteiger partial charge is 0.0406 e. The zero-order chi connectivity index (χ0) is 11.4. The van der Waals surface area contributed by atoms with Crippen LogP contribution in [0.5, 0.6) is 0 Å². The minimum Gasteiger partial charge on any atom is -0.310 e. The Kier molecular flexibility index (Phi) is 4.25. The molecule has 2 rings (SSSR count). The number of halogens is 1. The number of hydrogen-bond acceptors (Lipinski definition) is 1. The van der Waals surface area contributed by atoms with Crippen molar-refractivity contribution in [1.29, 1.82) is 0 Å². The third-order valence-corrected chi connectivity index (χ3v) is 3.92. The number of rotatable bonds is 4. The summed E-state index contributed by atoms with van der Waals surface area (Å²) in [5.74, 6) is 0.882. The van der Waals surface area contributed by atoms with Gasteiger partial charge in [0.05, 0.1) is 0 Å². The molecule has 0 aliphatic heterocycles. The van der Waals surface area contributed by atoms with Crippen molar-refractivity contribution in [2.45, 2.75) is 45.2 Å². The summed E-state index contributed by atoms with van der Waals surface area (Å²) in [6.45, 7) is 3.27. The van der Waals surface area contributed by atoms with E-state index in [4.69, 9.17) is 11.6 Å². The van der Waals surface area contributed by atoms with E-state index in [0.717, 1.165) is 23.5 Å². The van der Waals surface area contributed by atoms with E-state index in [1.807, 2.05) is 12.1 Å². The molecule has 1 aliphatic carbocycles. The molecule has 1 fully saturated rings. The Balaban J connectivity index is 1.85. The van der Waals surface area contributed by atoms with Crippen molar-refractivity contribution in [3.05, 3.63) is 34.9 Å². The van der Waals surface area contributed by atoms with E-state index in [0.29, 0.717) is 0 Å². The van der Waals surface area contributed by atoms with Crippen LogP contribution in [0.3, 0.4) is 0 Å². The second kappa shape index (κ2) is 5.70. The Labute approximate surface area is 103 Å². The lowest BCUT2D eigenvalue weighted by Gasteiger charge is -2.19. The van der Waals surface area contributed by atoms with Crippen LogP contribution in [-0.4, -0.2) is 6.04 Å². The molecule has 16 heavy (non-hydrogen) atoms. The standard InChI is InChI=1S/C14H20ClN/c1-2-12-4-3-5-14(12)16-10-11-6-8-13(15)9-7-11/h6-9,12,14,16H,2-5,10H2,1H3. The molecule has 2 unspecified atom stereocenters. The predicted molar refractivity (Wildman–Crippen MR) is 69.7 cm³/mol. The van der Waals surface area contributed by atoms with Crippen LogP contribution in [0.1, 0.15) is 38.2 Å². The molecule has 0 heterocycles. The molecular weight excluding hydrogens is 218 g/mol. The molecule has 2 heteroatoms. The lowest BCUT2D eigenvalue weighted by Crippen LogP contribution is -2.31. The van der Waals surface area contributed by atoms with Crippen molar-refractivity contribution >= 4 is 11.6 Å². The maximum absolute atomic E-state index is 5.86. The van der Waals surface area contributed by atoms with E-state index in [1.165, 1.54) is 31.2 Å². The van der Waals surface area contributed by atoms with Crippen LogP contribution in [0.2, 0.25) is 5.02 Å². The number of hydrogen-bond donors (Lipinski definition) is 1.